The Kier molecular flexibility index (Phi) is 6.32. The largest absolute Gasteiger partial charge is 0.394 e. The van der Waals surface area contributed by atoms with Gasteiger partial charge in [-0.25, -0.2) is 9.59 Å². The van der Waals surface area contributed by atoms with Gasteiger partial charge in [-0.3, -0.25) is 19.9 Å². The van der Waals surface area contributed by atoms with Crippen LogP contribution in [0.1, 0.15) is 0 Å². The number of amides is 1. The van der Waals surface area contributed by atoms with Crippen LogP contribution in [0.25, 0.3) is 0 Å². The lowest BCUT2D eigenvalue weighted by Crippen LogP contribution is -2.65. The highest BCUT2D eigenvalue weighted by Gasteiger charge is 2.43. The third kappa shape index (κ3) is 4.51. The van der Waals surface area contributed by atoms with Crippen LogP contribution in [0.3, 0.4) is 0 Å². The highest BCUT2D eigenvalue weighted by atomic mass is 17.0. The first-order chi connectivity index (χ1) is 12.6. The highest BCUT2D eigenvalue weighted by molar-refractivity contribution is 5.94. The van der Waals surface area contributed by atoms with E-state index in [1.54, 1.807) is 0 Å². The number of hydrogen-bond donors (Lipinski definition) is 5. The summed E-state index contributed by atoms with van der Waals surface area (Å²) in [5.74, 6) is -3.31. The summed E-state index contributed by atoms with van der Waals surface area (Å²) in [6.45, 7) is -1.52. The minimum absolute atomic E-state index is 0.227. The summed E-state index contributed by atoms with van der Waals surface area (Å²) in [5, 5.41) is 46.8. The summed E-state index contributed by atoms with van der Waals surface area (Å²) in [4.78, 5) is 46.3. The van der Waals surface area contributed by atoms with Crippen LogP contribution in [0.4, 0.5) is 0 Å². The van der Waals surface area contributed by atoms with Crippen molar-refractivity contribution in [3.8, 4) is 0 Å². The first kappa shape index (κ1) is 20.6. The predicted octanol–water partition coefficient (Wildman–Crippen LogP) is -4.07. The summed E-state index contributed by atoms with van der Waals surface area (Å²) in [5.41, 5.74) is 0. The number of carbonyl (C=O) groups excluding carboxylic acids is 3. The van der Waals surface area contributed by atoms with Crippen molar-refractivity contribution in [1.82, 2.24) is 15.0 Å². The Morgan fingerprint density at radius 2 is 1.78 bits per heavy atom. The molecule has 2 heterocycles. The number of likely N-dealkylation sites (tertiary alicyclic amines) is 1. The Morgan fingerprint density at radius 1 is 1.22 bits per heavy atom. The van der Waals surface area contributed by atoms with Crippen LogP contribution in [0.5, 0.6) is 0 Å². The van der Waals surface area contributed by atoms with Crippen molar-refractivity contribution in [1.29, 1.82) is 5.41 Å². The number of hydroxylamine groups is 2. The Hall–Kier alpha value is -2.74. The number of aliphatic hydroxyl groups excluding tert-OH is 4. The maximum absolute atomic E-state index is 12.5. The lowest BCUT2D eigenvalue weighted by molar-refractivity contribution is -0.278. The molecule has 0 radical (unpaired) electrons. The Labute approximate surface area is 153 Å². The lowest BCUT2D eigenvalue weighted by atomic mass is 9.94. The molecule has 2 rings (SSSR count). The van der Waals surface area contributed by atoms with Gasteiger partial charge in [0.25, 0.3) is 5.96 Å². The fraction of sp³-hybridized carbons (Fsp3) is 0.571. The van der Waals surface area contributed by atoms with E-state index in [2.05, 4.69) is 9.68 Å². The topological polar surface area (TPSA) is 184 Å². The second-order valence-electron chi connectivity index (χ2n) is 5.94. The van der Waals surface area contributed by atoms with Gasteiger partial charge in [0.2, 0.25) is 5.91 Å². The Morgan fingerprint density at radius 3 is 2.30 bits per heavy atom. The first-order valence-corrected chi connectivity index (χ1v) is 7.82. The smallest absolute Gasteiger partial charge is 0.360 e. The molecule has 4 atom stereocenters. The van der Waals surface area contributed by atoms with Crippen molar-refractivity contribution in [3.05, 3.63) is 12.2 Å². The lowest BCUT2D eigenvalue weighted by Gasteiger charge is -2.43. The maximum Gasteiger partial charge on any atom is 0.360 e. The third-order valence-electron chi connectivity index (χ3n) is 4.04. The molecule has 1 saturated heterocycles. The summed E-state index contributed by atoms with van der Waals surface area (Å²) < 4.78 is 0. The molecule has 2 aliphatic heterocycles. The minimum atomic E-state index is -1.56. The zero-order valence-corrected chi connectivity index (χ0v) is 14.3. The second-order valence-corrected chi connectivity index (χ2v) is 5.94. The molecule has 27 heavy (non-hydrogen) atoms. The number of β-amino-alcohol motifs (C(OH)–C–C–N with tert-alkyl or cyclic N) is 1. The quantitative estimate of drug-likeness (QED) is 0.234. The van der Waals surface area contributed by atoms with Crippen molar-refractivity contribution < 1.29 is 44.5 Å². The van der Waals surface area contributed by atoms with Crippen molar-refractivity contribution in [2.45, 2.75) is 24.4 Å². The van der Waals surface area contributed by atoms with Crippen molar-refractivity contribution in [3.63, 3.8) is 0 Å². The van der Waals surface area contributed by atoms with Gasteiger partial charge in [-0.1, -0.05) is 0 Å². The van der Waals surface area contributed by atoms with E-state index in [1.165, 1.54) is 7.05 Å². The van der Waals surface area contributed by atoms with E-state index in [0.717, 1.165) is 22.0 Å². The molecule has 0 aromatic heterocycles. The van der Waals surface area contributed by atoms with E-state index < -0.39 is 61.3 Å². The molecule has 0 saturated carbocycles. The number of likely N-dealkylation sites (N-methyl/N-ethyl adjacent to an activating group) is 1. The molecule has 0 aromatic carbocycles. The minimum Gasteiger partial charge on any atom is -0.394 e. The molecule has 13 nitrogen and oxygen atoms in total. The molecule has 5 N–H and O–H groups in total. The van der Waals surface area contributed by atoms with E-state index in [4.69, 9.17) is 5.41 Å². The van der Waals surface area contributed by atoms with Crippen LogP contribution < -0.4 is 0 Å². The zero-order chi connectivity index (χ0) is 20.3. The molecule has 0 bridgehead atoms. The monoisotopic (exact) mass is 388 g/mol. The molecule has 1 fully saturated rings. The zero-order valence-electron chi connectivity index (χ0n) is 14.3. The number of aliphatic hydroxyl groups is 4. The second kappa shape index (κ2) is 8.30. The van der Waals surface area contributed by atoms with E-state index in [9.17, 15) is 34.8 Å². The van der Waals surface area contributed by atoms with Gasteiger partial charge in [0.1, 0.15) is 18.3 Å². The van der Waals surface area contributed by atoms with Crippen LogP contribution >= 0.6 is 0 Å². The van der Waals surface area contributed by atoms with E-state index >= 15 is 0 Å². The summed E-state index contributed by atoms with van der Waals surface area (Å²) in [6, 6.07) is -1.16. The number of carbonyl (C=O) groups is 3. The molecule has 0 spiro atoms. The third-order valence-corrected chi connectivity index (χ3v) is 4.04. The number of piperidine rings is 1. The van der Waals surface area contributed by atoms with Crippen molar-refractivity contribution in [2.24, 2.45) is 0 Å². The van der Waals surface area contributed by atoms with Crippen LogP contribution in [0, 0.1) is 5.41 Å². The van der Waals surface area contributed by atoms with Crippen LogP contribution in [-0.4, -0.2) is 110 Å². The van der Waals surface area contributed by atoms with Gasteiger partial charge in [0.05, 0.1) is 19.2 Å². The maximum atomic E-state index is 12.5. The summed E-state index contributed by atoms with van der Waals surface area (Å²) in [6.07, 6.45) is -2.91. The van der Waals surface area contributed by atoms with E-state index in [0.29, 0.717) is 0 Å². The number of nitrogens with zero attached hydrogens (tertiary/aromatic N) is 3. The number of nitrogens with one attached hydrogen (secondary N) is 1. The molecule has 2 aliphatic rings. The molecular weight excluding hydrogens is 368 g/mol. The molecule has 0 aliphatic carbocycles. The standard InChI is InChI=1S/C14H20N4O9/c1-16(14(15)18-26-10(22)2-3-11(23)27-18)5-9(21)17-4-8(20)13(25)12(24)7(17)6-19/h2-3,7-8,12-13,15,19-20,24-25H,4-6H2,1H3/t7-,8-,12-,13-/m1/s1. The van der Waals surface area contributed by atoms with Gasteiger partial charge in [-0.15, -0.1) is 0 Å². The number of rotatable bonds is 3. The van der Waals surface area contributed by atoms with E-state index in [-0.39, 0.29) is 11.8 Å². The van der Waals surface area contributed by atoms with Crippen molar-refractivity contribution >= 4 is 23.8 Å². The highest BCUT2D eigenvalue weighted by Crippen LogP contribution is 2.19. The van der Waals surface area contributed by atoms with Gasteiger partial charge in [-0.05, 0) is 0 Å². The average molecular weight is 388 g/mol. The van der Waals surface area contributed by atoms with Gasteiger partial charge < -0.3 is 30.2 Å². The number of guanidine groups is 1. The SMILES string of the molecule is CN(CC(=O)N1C[C@@H](O)[C@@H](O)[C@H](O)[C@H]1CO)C(=N)N1OC(=O)C=CC(=O)O1. The first-order valence-electron chi connectivity index (χ1n) is 7.82. The summed E-state index contributed by atoms with van der Waals surface area (Å²) >= 11 is 0. The van der Waals surface area contributed by atoms with Gasteiger partial charge >= 0.3 is 11.9 Å². The Bertz CT molecular complexity index is 634. The fourth-order valence-corrected chi connectivity index (χ4v) is 2.55. The van der Waals surface area contributed by atoms with E-state index in [1.807, 2.05) is 0 Å². The van der Waals surface area contributed by atoms with Gasteiger partial charge in [0, 0.05) is 31.0 Å². The molecule has 0 unspecified atom stereocenters. The van der Waals surface area contributed by atoms with Crippen LogP contribution in [0.15, 0.2) is 12.2 Å². The van der Waals surface area contributed by atoms with Crippen LogP contribution in [0.2, 0.25) is 0 Å². The molecular formula is C14H20N4O9. The molecule has 13 heteroatoms. The van der Waals surface area contributed by atoms with Gasteiger partial charge in [0.15, 0.2) is 0 Å². The normalized spacial score (nSPS) is 28.3. The molecule has 0 aromatic rings. The number of hydrogen-bond acceptors (Lipinski definition) is 10. The van der Waals surface area contributed by atoms with Crippen molar-refractivity contribution in [2.75, 3.05) is 26.7 Å². The molecule has 1 amide bonds. The molecule has 150 valence electrons. The van der Waals surface area contributed by atoms with Crippen LogP contribution in [-0.2, 0) is 24.1 Å². The van der Waals surface area contributed by atoms with Gasteiger partial charge in [-0.2, -0.15) is 0 Å². The Balaban J connectivity index is 2.04. The fourth-order valence-electron chi connectivity index (χ4n) is 2.55. The summed E-state index contributed by atoms with van der Waals surface area (Å²) in [7, 11) is 1.26. The average Bonchev–Trinajstić information content (AvgIpc) is 2.79. The predicted molar refractivity (Wildman–Crippen MR) is 84.1 cm³/mol.